The summed E-state index contributed by atoms with van der Waals surface area (Å²) in [6.45, 7) is 4.19. The van der Waals surface area contributed by atoms with Crippen molar-refractivity contribution in [1.29, 1.82) is 0 Å². The van der Waals surface area contributed by atoms with Crippen LogP contribution in [0.4, 0.5) is 10.5 Å². The number of aryl methyl sites for hydroxylation is 1. The van der Waals surface area contributed by atoms with Gasteiger partial charge in [0, 0.05) is 6.20 Å². The Morgan fingerprint density at radius 2 is 2.00 bits per heavy atom. The maximum Gasteiger partial charge on any atom is 0.312 e. The van der Waals surface area contributed by atoms with E-state index in [9.17, 15) is 9.59 Å². The van der Waals surface area contributed by atoms with Gasteiger partial charge in [-0.05, 0) is 37.1 Å². The summed E-state index contributed by atoms with van der Waals surface area (Å²) in [7, 11) is 0. The zero-order valence-electron chi connectivity index (χ0n) is 14.3. The molecule has 3 amide bonds. The number of anilines is 1. The quantitative estimate of drug-likeness (QED) is 0.719. The topological polar surface area (TPSA) is 106 Å². The monoisotopic (exact) mass is 342 g/mol. The molecule has 0 bridgehead atoms. The standard InChI is InChI=1S/C18H22N4O3/c1-3-25-17-14(9-6-10-20-17)21-16(23)11-15(22-18(19)24)13-8-5-4-7-12(13)2/h4-10,15H,3,11H2,1-2H3,(H,21,23)(H3,19,22,24)/t15-/m0/s1. The minimum atomic E-state index is -0.683. The van der Waals surface area contributed by atoms with Crippen LogP contribution < -0.4 is 21.1 Å². The summed E-state index contributed by atoms with van der Waals surface area (Å²) >= 11 is 0. The van der Waals surface area contributed by atoms with Crippen molar-refractivity contribution in [2.75, 3.05) is 11.9 Å². The molecule has 4 N–H and O–H groups in total. The highest BCUT2D eigenvalue weighted by Gasteiger charge is 2.20. The van der Waals surface area contributed by atoms with Crippen molar-refractivity contribution in [2.45, 2.75) is 26.3 Å². The van der Waals surface area contributed by atoms with Crippen molar-refractivity contribution < 1.29 is 14.3 Å². The van der Waals surface area contributed by atoms with E-state index >= 15 is 0 Å². The normalized spacial score (nSPS) is 11.4. The second-order valence-electron chi connectivity index (χ2n) is 5.46. The van der Waals surface area contributed by atoms with Crippen LogP contribution in [0, 0.1) is 6.92 Å². The van der Waals surface area contributed by atoms with Gasteiger partial charge in [0.25, 0.3) is 0 Å². The number of nitrogens with zero attached hydrogens (tertiary/aromatic N) is 1. The van der Waals surface area contributed by atoms with Gasteiger partial charge in [0.15, 0.2) is 0 Å². The SMILES string of the molecule is CCOc1ncccc1NC(=O)C[C@H](NC(N)=O)c1ccccc1C. The average molecular weight is 342 g/mol. The number of rotatable bonds is 7. The molecule has 1 aromatic heterocycles. The van der Waals surface area contributed by atoms with Crippen molar-refractivity contribution in [3.8, 4) is 5.88 Å². The van der Waals surface area contributed by atoms with Crippen LogP contribution in [-0.4, -0.2) is 23.5 Å². The highest BCUT2D eigenvalue weighted by Crippen LogP contribution is 2.24. The van der Waals surface area contributed by atoms with Gasteiger partial charge >= 0.3 is 6.03 Å². The Bertz CT molecular complexity index is 749. The highest BCUT2D eigenvalue weighted by atomic mass is 16.5. The predicted molar refractivity (Wildman–Crippen MR) is 95.3 cm³/mol. The van der Waals surface area contributed by atoms with Crippen molar-refractivity contribution in [3.05, 3.63) is 53.7 Å². The van der Waals surface area contributed by atoms with Gasteiger partial charge in [-0.15, -0.1) is 0 Å². The Morgan fingerprint density at radius 1 is 1.24 bits per heavy atom. The summed E-state index contributed by atoms with van der Waals surface area (Å²) in [6.07, 6.45) is 1.62. The maximum absolute atomic E-state index is 12.5. The molecule has 0 saturated heterocycles. The van der Waals surface area contributed by atoms with Gasteiger partial charge in [-0.2, -0.15) is 0 Å². The highest BCUT2D eigenvalue weighted by molar-refractivity contribution is 5.92. The number of hydrogen-bond acceptors (Lipinski definition) is 4. The molecule has 0 radical (unpaired) electrons. The minimum absolute atomic E-state index is 0.0360. The lowest BCUT2D eigenvalue weighted by Gasteiger charge is -2.20. The number of nitrogens with two attached hydrogens (primary N) is 1. The van der Waals surface area contributed by atoms with Crippen LogP contribution in [0.5, 0.6) is 5.88 Å². The zero-order valence-corrected chi connectivity index (χ0v) is 14.3. The van der Waals surface area contributed by atoms with E-state index in [-0.39, 0.29) is 12.3 Å². The fraction of sp³-hybridized carbons (Fsp3) is 0.278. The van der Waals surface area contributed by atoms with Crippen LogP contribution in [-0.2, 0) is 4.79 Å². The number of pyridine rings is 1. The van der Waals surface area contributed by atoms with Gasteiger partial charge in [0.05, 0.1) is 19.1 Å². The molecule has 0 fully saturated rings. The van der Waals surface area contributed by atoms with E-state index in [1.165, 1.54) is 0 Å². The smallest absolute Gasteiger partial charge is 0.312 e. The van der Waals surface area contributed by atoms with E-state index < -0.39 is 12.1 Å². The van der Waals surface area contributed by atoms with E-state index in [4.69, 9.17) is 10.5 Å². The first kappa shape index (κ1) is 18.3. The number of amides is 3. The molecule has 7 nitrogen and oxygen atoms in total. The fourth-order valence-corrected chi connectivity index (χ4v) is 2.51. The molecule has 2 rings (SSSR count). The Morgan fingerprint density at radius 3 is 2.68 bits per heavy atom. The summed E-state index contributed by atoms with van der Waals surface area (Å²) in [5.74, 6) is 0.0737. The summed E-state index contributed by atoms with van der Waals surface area (Å²) < 4.78 is 5.40. The maximum atomic E-state index is 12.5. The molecule has 25 heavy (non-hydrogen) atoms. The third-order valence-corrected chi connectivity index (χ3v) is 3.60. The molecule has 0 saturated carbocycles. The van der Waals surface area contributed by atoms with Crippen LogP contribution in [0.1, 0.15) is 30.5 Å². The number of primary amides is 1. The van der Waals surface area contributed by atoms with Gasteiger partial charge in [-0.1, -0.05) is 24.3 Å². The number of carbonyl (C=O) groups excluding carboxylic acids is 2. The second kappa shape index (κ2) is 8.68. The molecule has 0 spiro atoms. The largest absolute Gasteiger partial charge is 0.476 e. The number of urea groups is 1. The molecular formula is C18H22N4O3. The summed E-state index contributed by atoms with van der Waals surface area (Å²) in [4.78, 5) is 27.9. The van der Waals surface area contributed by atoms with E-state index in [1.807, 2.05) is 38.1 Å². The Kier molecular flexibility index (Phi) is 6.33. The molecular weight excluding hydrogens is 320 g/mol. The van der Waals surface area contributed by atoms with E-state index in [0.29, 0.717) is 18.2 Å². The lowest BCUT2D eigenvalue weighted by Crippen LogP contribution is -2.35. The molecule has 0 aliphatic heterocycles. The molecule has 132 valence electrons. The number of hydrogen-bond donors (Lipinski definition) is 3. The van der Waals surface area contributed by atoms with Gasteiger partial charge in [-0.25, -0.2) is 9.78 Å². The second-order valence-corrected chi connectivity index (χ2v) is 5.46. The third-order valence-electron chi connectivity index (χ3n) is 3.60. The molecule has 0 aliphatic rings. The van der Waals surface area contributed by atoms with E-state index in [2.05, 4.69) is 15.6 Å². The van der Waals surface area contributed by atoms with E-state index in [0.717, 1.165) is 11.1 Å². The molecule has 1 heterocycles. The van der Waals surface area contributed by atoms with Crippen molar-refractivity contribution in [2.24, 2.45) is 5.73 Å². The van der Waals surface area contributed by atoms with Crippen LogP contribution in [0.25, 0.3) is 0 Å². The first-order valence-electron chi connectivity index (χ1n) is 8.00. The lowest BCUT2D eigenvalue weighted by molar-refractivity contribution is -0.116. The van der Waals surface area contributed by atoms with Gasteiger partial charge in [0.2, 0.25) is 11.8 Å². The zero-order chi connectivity index (χ0) is 18.2. The first-order chi connectivity index (χ1) is 12.0. The summed E-state index contributed by atoms with van der Waals surface area (Å²) in [6, 6.07) is 9.73. The van der Waals surface area contributed by atoms with Crippen LogP contribution >= 0.6 is 0 Å². The van der Waals surface area contributed by atoms with Crippen LogP contribution in [0.15, 0.2) is 42.6 Å². The van der Waals surface area contributed by atoms with Crippen LogP contribution in [0.2, 0.25) is 0 Å². The first-order valence-corrected chi connectivity index (χ1v) is 8.00. The van der Waals surface area contributed by atoms with Crippen molar-refractivity contribution in [3.63, 3.8) is 0 Å². The van der Waals surface area contributed by atoms with Crippen LogP contribution in [0.3, 0.4) is 0 Å². The van der Waals surface area contributed by atoms with Crippen molar-refractivity contribution >= 4 is 17.6 Å². The molecule has 1 atom stereocenters. The number of nitrogens with one attached hydrogen (secondary N) is 2. The Hall–Kier alpha value is -3.09. The Labute approximate surface area is 146 Å². The average Bonchev–Trinajstić information content (AvgIpc) is 2.56. The molecule has 0 unspecified atom stereocenters. The summed E-state index contributed by atoms with van der Waals surface area (Å²) in [5, 5.41) is 5.39. The fourth-order valence-electron chi connectivity index (χ4n) is 2.51. The molecule has 0 aliphatic carbocycles. The van der Waals surface area contributed by atoms with Crippen molar-refractivity contribution in [1.82, 2.24) is 10.3 Å². The summed E-state index contributed by atoms with van der Waals surface area (Å²) in [5.41, 5.74) is 7.55. The molecule has 1 aromatic carbocycles. The van der Waals surface area contributed by atoms with Gasteiger partial charge < -0.3 is 21.1 Å². The Balaban J connectivity index is 2.15. The molecule has 7 heteroatoms. The number of carbonyl (C=O) groups is 2. The van der Waals surface area contributed by atoms with Gasteiger partial charge in [-0.3, -0.25) is 4.79 Å². The molecule has 2 aromatic rings. The third kappa shape index (κ3) is 5.20. The van der Waals surface area contributed by atoms with E-state index in [1.54, 1.807) is 18.3 Å². The number of aromatic nitrogens is 1. The lowest BCUT2D eigenvalue weighted by atomic mass is 9.98. The predicted octanol–water partition coefficient (Wildman–Crippen LogP) is 2.53. The van der Waals surface area contributed by atoms with Gasteiger partial charge in [0.1, 0.15) is 5.69 Å². The number of ether oxygens (including phenoxy) is 1. The minimum Gasteiger partial charge on any atom is -0.476 e. The number of benzene rings is 1.